The second-order valence-corrected chi connectivity index (χ2v) is 4.19. The Kier molecular flexibility index (Phi) is 3.01. The minimum atomic E-state index is 0.668. The number of halogens is 1. The van der Waals surface area contributed by atoms with Gasteiger partial charge in [-0.25, -0.2) is 0 Å². The SMILES string of the molecule is CCn1nc(C)c(Cl)c1Cn1ccc(C)n1. The summed E-state index contributed by atoms with van der Waals surface area (Å²) in [6, 6.07) is 1.98. The molecule has 0 aromatic carbocycles. The summed E-state index contributed by atoms with van der Waals surface area (Å²) in [6.07, 6.45) is 1.95. The maximum atomic E-state index is 6.22. The quantitative estimate of drug-likeness (QED) is 0.823. The molecule has 0 saturated heterocycles. The number of aryl methyl sites for hydroxylation is 3. The second-order valence-electron chi connectivity index (χ2n) is 3.82. The third-order valence-corrected chi connectivity index (χ3v) is 3.03. The molecule has 0 spiro atoms. The van der Waals surface area contributed by atoms with Crippen molar-refractivity contribution in [2.75, 3.05) is 0 Å². The summed E-state index contributed by atoms with van der Waals surface area (Å²) >= 11 is 6.22. The van der Waals surface area contributed by atoms with Crippen molar-refractivity contribution in [2.24, 2.45) is 0 Å². The van der Waals surface area contributed by atoms with Crippen LogP contribution in [0.4, 0.5) is 0 Å². The van der Waals surface area contributed by atoms with Gasteiger partial charge in [0.05, 0.1) is 28.6 Å². The van der Waals surface area contributed by atoms with E-state index in [1.807, 2.05) is 35.5 Å². The van der Waals surface area contributed by atoms with E-state index < -0.39 is 0 Å². The van der Waals surface area contributed by atoms with E-state index in [0.717, 1.165) is 28.6 Å². The zero-order valence-electron chi connectivity index (χ0n) is 9.74. The molecule has 0 aliphatic rings. The lowest BCUT2D eigenvalue weighted by Gasteiger charge is -2.05. The summed E-state index contributed by atoms with van der Waals surface area (Å²) in [4.78, 5) is 0. The molecule has 2 heterocycles. The summed E-state index contributed by atoms with van der Waals surface area (Å²) in [5.41, 5.74) is 2.91. The highest BCUT2D eigenvalue weighted by molar-refractivity contribution is 6.31. The summed E-state index contributed by atoms with van der Waals surface area (Å²) in [5, 5.41) is 9.47. The maximum Gasteiger partial charge on any atom is 0.0866 e. The fourth-order valence-corrected chi connectivity index (χ4v) is 1.92. The highest BCUT2D eigenvalue weighted by Crippen LogP contribution is 2.20. The highest BCUT2D eigenvalue weighted by atomic mass is 35.5. The zero-order valence-corrected chi connectivity index (χ0v) is 10.5. The molecule has 86 valence electrons. The van der Waals surface area contributed by atoms with Crippen LogP contribution in [0.15, 0.2) is 12.3 Å². The normalized spacial score (nSPS) is 11.0. The summed E-state index contributed by atoms with van der Waals surface area (Å²) in [5.74, 6) is 0. The number of hydrogen-bond donors (Lipinski definition) is 0. The van der Waals surface area contributed by atoms with Crippen LogP contribution in [-0.2, 0) is 13.1 Å². The Morgan fingerprint density at radius 1 is 1.31 bits per heavy atom. The predicted octanol–water partition coefficient (Wildman–Crippen LogP) is 2.42. The molecule has 0 amide bonds. The van der Waals surface area contributed by atoms with Gasteiger partial charge in [0, 0.05) is 12.7 Å². The number of rotatable bonds is 3. The zero-order chi connectivity index (χ0) is 11.7. The minimum Gasteiger partial charge on any atom is -0.266 e. The molecule has 0 atom stereocenters. The van der Waals surface area contributed by atoms with Gasteiger partial charge in [0.2, 0.25) is 0 Å². The van der Waals surface area contributed by atoms with E-state index in [1.165, 1.54) is 0 Å². The van der Waals surface area contributed by atoms with Crippen LogP contribution >= 0.6 is 11.6 Å². The first-order valence-electron chi connectivity index (χ1n) is 5.33. The fraction of sp³-hybridized carbons (Fsp3) is 0.455. The van der Waals surface area contributed by atoms with Crippen LogP contribution < -0.4 is 0 Å². The Balaban J connectivity index is 2.33. The van der Waals surface area contributed by atoms with E-state index in [2.05, 4.69) is 17.1 Å². The van der Waals surface area contributed by atoms with Crippen molar-refractivity contribution < 1.29 is 0 Å². The lowest BCUT2D eigenvalue weighted by atomic mass is 10.3. The van der Waals surface area contributed by atoms with Gasteiger partial charge in [0.15, 0.2) is 0 Å². The van der Waals surface area contributed by atoms with Crippen molar-refractivity contribution in [2.45, 2.75) is 33.9 Å². The summed E-state index contributed by atoms with van der Waals surface area (Å²) in [6.45, 7) is 7.44. The Morgan fingerprint density at radius 2 is 2.06 bits per heavy atom. The molecule has 0 fully saturated rings. The smallest absolute Gasteiger partial charge is 0.0866 e. The largest absolute Gasteiger partial charge is 0.266 e. The van der Waals surface area contributed by atoms with Gasteiger partial charge < -0.3 is 0 Å². The van der Waals surface area contributed by atoms with Crippen molar-refractivity contribution in [3.63, 3.8) is 0 Å². The van der Waals surface area contributed by atoms with Crippen LogP contribution in [0.3, 0.4) is 0 Å². The molecule has 0 saturated carbocycles. The van der Waals surface area contributed by atoms with Crippen LogP contribution in [-0.4, -0.2) is 19.6 Å². The third-order valence-electron chi connectivity index (χ3n) is 2.54. The van der Waals surface area contributed by atoms with E-state index in [0.29, 0.717) is 6.54 Å². The molecule has 2 aromatic rings. The standard InChI is InChI=1S/C11H15ClN4/c1-4-16-10(11(12)9(3)14-16)7-15-6-5-8(2)13-15/h5-6H,4,7H2,1-3H3. The first-order chi connectivity index (χ1) is 7.61. The number of aromatic nitrogens is 4. The van der Waals surface area contributed by atoms with Crippen molar-refractivity contribution in [3.8, 4) is 0 Å². The Hall–Kier alpha value is -1.29. The highest BCUT2D eigenvalue weighted by Gasteiger charge is 2.12. The Morgan fingerprint density at radius 3 is 2.62 bits per heavy atom. The summed E-state index contributed by atoms with van der Waals surface area (Å²) < 4.78 is 3.80. The minimum absolute atomic E-state index is 0.668. The number of hydrogen-bond acceptors (Lipinski definition) is 2. The second kappa shape index (κ2) is 4.29. The van der Waals surface area contributed by atoms with Crippen molar-refractivity contribution in [1.82, 2.24) is 19.6 Å². The molecule has 0 N–H and O–H groups in total. The van der Waals surface area contributed by atoms with Gasteiger partial charge in [-0.3, -0.25) is 9.36 Å². The van der Waals surface area contributed by atoms with Crippen LogP contribution in [0.2, 0.25) is 5.02 Å². The molecule has 4 nitrogen and oxygen atoms in total. The lowest BCUT2D eigenvalue weighted by Crippen LogP contribution is -2.08. The van der Waals surface area contributed by atoms with E-state index >= 15 is 0 Å². The fourth-order valence-electron chi connectivity index (χ4n) is 1.72. The van der Waals surface area contributed by atoms with Gasteiger partial charge in [-0.2, -0.15) is 10.2 Å². The van der Waals surface area contributed by atoms with Gasteiger partial charge in [-0.05, 0) is 26.8 Å². The number of nitrogens with zero attached hydrogens (tertiary/aromatic N) is 4. The molecule has 0 radical (unpaired) electrons. The average Bonchev–Trinajstić information content (AvgIpc) is 2.77. The molecule has 0 unspecified atom stereocenters. The maximum absolute atomic E-state index is 6.22. The van der Waals surface area contributed by atoms with Crippen molar-refractivity contribution in [3.05, 3.63) is 34.4 Å². The molecule has 2 rings (SSSR count). The first-order valence-corrected chi connectivity index (χ1v) is 5.71. The van der Waals surface area contributed by atoms with Gasteiger partial charge >= 0.3 is 0 Å². The van der Waals surface area contributed by atoms with Crippen LogP contribution in [0.25, 0.3) is 0 Å². The summed E-state index contributed by atoms with van der Waals surface area (Å²) in [7, 11) is 0. The van der Waals surface area contributed by atoms with Gasteiger partial charge in [-0.1, -0.05) is 11.6 Å². The topological polar surface area (TPSA) is 35.6 Å². The van der Waals surface area contributed by atoms with E-state index in [9.17, 15) is 0 Å². The van der Waals surface area contributed by atoms with E-state index in [1.54, 1.807) is 0 Å². The molecular weight excluding hydrogens is 224 g/mol. The molecule has 0 aliphatic heterocycles. The monoisotopic (exact) mass is 238 g/mol. The lowest BCUT2D eigenvalue weighted by molar-refractivity contribution is 0.573. The van der Waals surface area contributed by atoms with Gasteiger partial charge in [-0.15, -0.1) is 0 Å². The van der Waals surface area contributed by atoms with E-state index in [4.69, 9.17) is 11.6 Å². The molecule has 2 aromatic heterocycles. The Labute approximate surface area is 99.8 Å². The molecule has 0 aliphatic carbocycles. The predicted molar refractivity (Wildman–Crippen MR) is 63.7 cm³/mol. The Bertz CT molecular complexity index is 498. The molecule has 0 bridgehead atoms. The molecule has 16 heavy (non-hydrogen) atoms. The first kappa shape index (κ1) is 11.2. The molecular formula is C11H15ClN4. The van der Waals surface area contributed by atoms with Crippen molar-refractivity contribution >= 4 is 11.6 Å². The van der Waals surface area contributed by atoms with Crippen LogP contribution in [0.1, 0.15) is 24.0 Å². The van der Waals surface area contributed by atoms with E-state index in [-0.39, 0.29) is 0 Å². The molecule has 5 heteroatoms. The van der Waals surface area contributed by atoms with Crippen LogP contribution in [0, 0.1) is 13.8 Å². The van der Waals surface area contributed by atoms with Crippen molar-refractivity contribution in [1.29, 1.82) is 0 Å². The van der Waals surface area contributed by atoms with Gasteiger partial charge in [0.1, 0.15) is 0 Å². The average molecular weight is 239 g/mol. The van der Waals surface area contributed by atoms with Crippen LogP contribution in [0.5, 0.6) is 0 Å². The van der Waals surface area contributed by atoms with Gasteiger partial charge in [0.25, 0.3) is 0 Å². The third kappa shape index (κ3) is 1.97.